The average Bonchev–Trinajstić information content (AvgIpc) is 3.05. The van der Waals surface area contributed by atoms with Crippen LogP contribution in [-0.4, -0.2) is 18.0 Å². The maximum Gasteiger partial charge on any atom is 0.238 e. The molecule has 0 aromatic heterocycles. The summed E-state index contributed by atoms with van der Waals surface area (Å²) in [5, 5.41) is 3.43. The smallest absolute Gasteiger partial charge is 0.238 e. The predicted molar refractivity (Wildman–Crippen MR) is 66.5 cm³/mol. The molecule has 0 saturated heterocycles. The molecule has 3 rings (SSSR count). The van der Waals surface area contributed by atoms with Gasteiger partial charge in [-0.3, -0.25) is 4.79 Å². The van der Waals surface area contributed by atoms with Gasteiger partial charge in [0.1, 0.15) is 5.54 Å². The summed E-state index contributed by atoms with van der Waals surface area (Å²) in [6, 6.07) is 8.24. The number of amides is 1. The SMILES string of the molecule is NC(=O)C1(NCC2CC2)Cc2ccccc2C1. The maximum atomic E-state index is 11.8. The number of fused-ring (bicyclic) bond motifs is 1. The van der Waals surface area contributed by atoms with Crippen molar-refractivity contribution in [3.8, 4) is 0 Å². The van der Waals surface area contributed by atoms with Gasteiger partial charge in [0, 0.05) is 12.8 Å². The number of primary amides is 1. The van der Waals surface area contributed by atoms with E-state index in [-0.39, 0.29) is 5.91 Å². The van der Waals surface area contributed by atoms with E-state index in [1.165, 1.54) is 24.0 Å². The molecule has 90 valence electrons. The van der Waals surface area contributed by atoms with E-state index in [0.29, 0.717) is 0 Å². The van der Waals surface area contributed by atoms with Crippen LogP contribution in [0.3, 0.4) is 0 Å². The van der Waals surface area contributed by atoms with Crippen LogP contribution in [0.25, 0.3) is 0 Å². The Bertz CT molecular complexity index is 426. The van der Waals surface area contributed by atoms with Crippen LogP contribution in [0.5, 0.6) is 0 Å². The van der Waals surface area contributed by atoms with Gasteiger partial charge in [-0.05, 0) is 36.4 Å². The van der Waals surface area contributed by atoms with Gasteiger partial charge >= 0.3 is 0 Å². The normalized spacial score (nSPS) is 21.2. The second-order valence-corrected chi connectivity index (χ2v) is 5.39. The molecule has 1 aromatic rings. The van der Waals surface area contributed by atoms with E-state index < -0.39 is 5.54 Å². The number of rotatable bonds is 4. The monoisotopic (exact) mass is 230 g/mol. The van der Waals surface area contributed by atoms with Crippen LogP contribution < -0.4 is 11.1 Å². The lowest BCUT2D eigenvalue weighted by Gasteiger charge is -2.26. The van der Waals surface area contributed by atoms with Crippen molar-refractivity contribution in [2.75, 3.05) is 6.54 Å². The molecule has 0 atom stereocenters. The fourth-order valence-corrected chi connectivity index (χ4v) is 2.66. The number of nitrogens with one attached hydrogen (secondary N) is 1. The summed E-state index contributed by atoms with van der Waals surface area (Å²) in [5.74, 6) is 0.546. The minimum Gasteiger partial charge on any atom is -0.368 e. The number of benzene rings is 1. The van der Waals surface area contributed by atoms with E-state index in [1.54, 1.807) is 0 Å². The number of hydrogen-bond donors (Lipinski definition) is 2. The third kappa shape index (κ3) is 1.95. The molecule has 3 N–H and O–H groups in total. The summed E-state index contributed by atoms with van der Waals surface area (Å²) < 4.78 is 0. The van der Waals surface area contributed by atoms with Crippen molar-refractivity contribution < 1.29 is 4.79 Å². The fraction of sp³-hybridized carbons (Fsp3) is 0.500. The summed E-state index contributed by atoms with van der Waals surface area (Å²) in [5.41, 5.74) is 7.60. The molecule has 3 heteroatoms. The highest BCUT2D eigenvalue weighted by atomic mass is 16.1. The first-order chi connectivity index (χ1) is 8.20. The van der Waals surface area contributed by atoms with E-state index >= 15 is 0 Å². The van der Waals surface area contributed by atoms with Gasteiger partial charge in [0.15, 0.2) is 0 Å². The Morgan fingerprint density at radius 2 is 1.88 bits per heavy atom. The van der Waals surface area contributed by atoms with Crippen LogP contribution in [0, 0.1) is 5.92 Å². The van der Waals surface area contributed by atoms with Crippen LogP contribution in [0.15, 0.2) is 24.3 Å². The molecule has 1 aromatic carbocycles. The standard InChI is InChI=1S/C14H18N2O/c15-13(17)14(16-9-10-5-6-10)7-11-3-1-2-4-12(11)8-14/h1-4,10,16H,5-9H2,(H2,15,17). The van der Waals surface area contributed by atoms with E-state index in [1.807, 2.05) is 12.1 Å². The molecule has 1 fully saturated rings. The number of nitrogens with two attached hydrogens (primary N) is 1. The Kier molecular flexibility index (Phi) is 2.44. The molecule has 3 nitrogen and oxygen atoms in total. The second-order valence-electron chi connectivity index (χ2n) is 5.39. The fourth-order valence-electron chi connectivity index (χ4n) is 2.66. The van der Waals surface area contributed by atoms with Crippen molar-refractivity contribution in [2.45, 2.75) is 31.2 Å². The molecule has 1 saturated carbocycles. The lowest BCUT2D eigenvalue weighted by atomic mass is 9.94. The molecular formula is C14H18N2O. The summed E-state index contributed by atoms with van der Waals surface area (Å²) in [6.07, 6.45) is 4.06. The minimum atomic E-state index is -0.535. The number of carbonyl (C=O) groups excluding carboxylic acids is 1. The first-order valence-corrected chi connectivity index (χ1v) is 6.31. The third-order valence-corrected chi connectivity index (χ3v) is 4.00. The largest absolute Gasteiger partial charge is 0.368 e. The Balaban J connectivity index is 1.80. The van der Waals surface area contributed by atoms with E-state index in [4.69, 9.17) is 5.73 Å². The predicted octanol–water partition coefficient (Wildman–Crippen LogP) is 1.01. The first-order valence-electron chi connectivity index (χ1n) is 6.31. The van der Waals surface area contributed by atoms with Crippen LogP contribution in [0.2, 0.25) is 0 Å². The van der Waals surface area contributed by atoms with Gasteiger partial charge in [0.2, 0.25) is 5.91 Å². The molecule has 17 heavy (non-hydrogen) atoms. The van der Waals surface area contributed by atoms with Gasteiger partial charge in [0.25, 0.3) is 0 Å². The quantitative estimate of drug-likeness (QED) is 0.811. The van der Waals surface area contributed by atoms with Crippen molar-refractivity contribution in [2.24, 2.45) is 11.7 Å². The Morgan fingerprint density at radius 1 is 1.29 bits per heavy atom. The summed E-state index contributed by atoms with van der Waals surface area (Å²) in [7, 11) is 0. The van der Waals surface area contributed by atoms with Crippen molar-refractivity contribution >= 4 is 5.91 Å². The summed E-state index contributed by atoms with van der Waals surface area (Å²) >= 11 is 0. The first kappa shape index (κ1) is 10.8. The minimum absolute atomic E-state index is 0.214. The zero-order valence-electron chi connectivity index (χ0n) is 9.91. The van der Waals surface area contributed by atoms with Gasteiger partial charge in [0.05, 0.1) is 0 Å². The van der Waals surface area contributed by atoms with Crippen molar-refractivity contribution in [3.05, 3.63) is 35.4 Å². The number of carbonyl (C=O) groups is 1. The average molecular weight is 230 g/mol. The Hall–Kier alpha value is -1.35. The molecule has 0 heterocycles. The zero-order valence-corrected chi connectivity index (χ0v) is 9.91. The van der Waals surface area contributed by atoms with Crippen molar-refractivity contribution in [1.29, 1.82) is 0 Å². The Labute approximate surface area is 101 Å². The van der Waals surface area contributed by atoms with E-state index in [9.17, 15) is 4.79 Å². The highest BCUT2D eigenvalue weighted by Crippen LogP contribution is 2.33. The van der Waals surface area contributed by atoms with Crippen LogP contribution in [0.1, 0.15) is 24.0 Å². The molecule has 0 spiro atoms. The van der Waals surface area contributed by atoms with E-state index in [2.05, 4.69) is 17.4 Å². The Morgan fingerprint density at radius 3 is 2.35 bits per heavy atom. The lowest BCUT2D eigenvalue weighted by Crippen LogP contribution is -2.56. The topological polar surface area (TPSA) is 55.1 Å². The number of hydrogen-bond acceptors (Lipinski definition) is 2. The van der Waals surface area contributed by atoms with E-state index in [0.717, 1.165) is 25.3 Å². The van der Waals surface area contributed by atoms with Gasteiger partial charge in [-0.1, -0.05) is 24.3 Å². The molecule has 2 aliphatic rings. The third-order valence-electron chi connectivity index (χ3n) is 4.00. The van der Waals surface area contributed by atoms with Gasteiger partial charge in [-0.2, -0.15) is 0 Å². The summed E-state index contributed by atoms with van der Waals surface area (Å²) in [6.45, 7) is 0.928. The highest BCUT2D eigenvalue weighted by molar-refractivity contribution is 5.86. The van der Waals surface area contributed by atoms with Crippen LogP contribution in [0.4, 0.5) is 0 Å². The lowest BCUT2D eigenvalue weighted by molar-refractivity contribution is -0.124. The second kappa shape index (κ2) is 3.84. The molecule has 0 unspecified atom stereocenters. The molecule has 2 aliphatic carbocycles. The van der Waals surface area contributed by atoms with Gasteiger partial charge in [-0.15, -0.1) is 0 Å². The molecule has 1 amide bonds. The van der Waals surface area contributed by atoms with Gasteiger partial charge in [-0.25, -0.2) is 0 Å². The highest BCUT2D eigenvalue weighted by Gasteiger charge is 2.42. The summed E-state index contributed by atoms with van der Waals surface area (Å²) in [4.78, 5) is 11.8. The van der Waals surface area contributed by atoms with Crippen LogP contribution in [-0.2, 0) is 17.6 Å². The molecule has 0 aliphatic heterocycles. The maximum absolute atomic E-state index is 11.8. The van der Waals surface area contributed by atoms with Crippen LogP contribution >= 0.6 is 0 Å². The zero-order chi connectivity index (χ0) is 11.9. The molecular weight excluding hydrogens is 212 g/mol. The van der Waals surface area contributed by atoms with Crippen molar-refractivity contribution in [1.82, 2.24) is 5.32 Å². The van der Waals surface area contributed by atoms with Crippen molar-refractivity contribution in [3.63, 3.8) is 0 Å². The van der Waals surface area contributed by atoms with Gasteiger partial charge < -0.3 is 11.1 Å². The molecule has 0 bridgehead atoms. The molecule has 0 radical (unpaired) electrons.